The molecule has 0 spiro atoms. The normalized spacial score (nSPS) is 16.6. The molecule has 1 aliphatic heterocycles. The molecule has 7 heteroatoms. The molecule has 1 aromatic carbocycles. The number of nitrogens with one attached hydrogen (secondary N) is 1. The molecule has 1 atom stereocenters. The predicted octanol–water partition coefficient (Wildman–Crippen LogP) is 1.83. The van der Waals surface area contributed by atoms with E-state index in [0.29, 0.717) is 19.5 Å². The average molecular weight is 368 g/mol. The van der Waals surface area contributed by atoms with Crippen LogP contribution in [0.1, 0.15) is 25.3 Å². The molecule has 138 valence electrons. The standard InChI is InChI=1S/C18H26ClN3O3/c1-2-4-16(18(24)25)20-12-17(23)22-9-7-21(8-10-22)13-14-5-3-6-15(19)11-14/h3,5-6,11,16,20H,2,4,7-10,12-13H2,1H3,(H,24,25). The van der Waals surface area contributed by atoms with Crippen LogP contribution in [0.2, 0.25) is 5.02 Å². The van der Waals surface area contributed by atoms with Gasteiger partial charge in [-0.3, -0.25) is 19.8 Å². The van der Waals surface area contributed by atoms with Crippen LogP contribution >= 0.6 is 11.6 Å². The molecule has 1 heterocycles. The van der Waals surface area contributed by atoms with Crippen molar-refractivity contribution in [1.29, 1.82) is 0 Å². The number of hydrogen-bond donors (Lipinski definition) is 2. The van der Waals surface area contributed by atoms with Crippen molar-refractivity contribution in [2.24, 2.45) is 0 Å². The van der Waals surface area contributed by atoms with E-state index in [0.717, 1.165) is 36.6 Å². The second-order valence-corrected chi connectivity index (χ2v) is 6.78. The van der Waals surface area contributed by atoms with Gasteiger partial charge < -0.3 is 10.0 Å². The second kappa shape index (κ2) is 9.75. The zero-order valence-electron chi connectivity index (χ0n) is 14.6. The van der Waals surface area contributed by atoms with Crippen LogP contribution in [0.4, 0.5) is 0 Å². The Hall–Kier alpha value is -1.63. The van der Waals surface area contributed by atoms with Crippen LogP contribution in [0.25, 0.3) is 0 Å². The molecule has 1 unspecified atom stereocenters. The van der Waals surface area contributed by atoms with Crippen molar-refractivity contribution in [3.63, 3.8) is 0 Å². The Morgan fingerprint density at radius 1 is 1.28 bits per heavy atom. The average Bonchev–Trinajstić information content (AvgIpc) is 2.58. The summed E-state index contributed by atoms with van der Waals surface area (Å²) in [6.07, 6.45) is 1.29. The van der Waals surface area contributed by atoms with Crippen molar-refractivity contribution in [3.05, 3.63) is 34.9 Å². The summed E-state index contributed by atoms with van der Waals surface area (Å²) in [6.45, 7) is 5.74. The molecular weight excluding hydrogens is 342 g/mol. The Kier molecular flexibility index (Phi) is 7.68. The highest BCUT2D eigenvalue weighted by Crippen LogP contribution is 2.14. The molecule has 1 aromatic rings. The number of carbonyl (C=O) groups is 2. The van der Waals surface area contributed by atoms with Gasteiger partial charge in [-0.2, -0.15) is 0 Å². The van der Waals surface area contributed by atoms with Gasteiger partial charge in [-0.05, 0) is 24.1 Å². The second-order valence-electron chi connectivity index (χ2n) is 6.35. The topological polar surface area (TPSA) is 72.9 Å². The zero-order chi connectivity index (χ0) is 18.2. The minimum atomic E-state index is -0.902. The summed E-state index contributed by atoms with van der Waals surface area (Å²) in [5.74, 6) is -0.939. The van der Waals surface area contributed by atoms with E-state index in [1.807, 2.05) is 31.2 Å². The summed E-state index contributed by atoms with van der Waals surface area (Å²) in [6, 6.07) is 7.16. The maximum atomic E-state index is 12.3. The summed E-state index contributed by atoms with van der Waals surface area (Å²) in [5, 5.41) is 12.7. The molecule has 2 rings (SSSR count). The van der Waals surface area contributed by atoms with Gasteiger partial charge in [0.1, 0.15) is 6.04 Å². The molecule has 0 bridgehead atoms. The maximum Gasteiger partial charge on any atom is 0.320 e. The van der Waals surface area contributed by atoms with Crippen LogP contribution in [-0.4, -0.2) is 65.5 Å². The van der Waals surface area contributed by atoms with E-state index in [9.17, 15) is 9.59 Å². The van der Waals surface area contributed by atoms with Crippen LogP contribution in [0, 0.1) is 0 Å². The first-order valence-corrected chi connectivity index (χ1v) is 9.08. The summed E-state index contributed by atoms with van der Waals surface area (Å²) in [7, 11) is 0. The number of carbonyl (C=O) groups excluding carboxylic acids is 1. The molecule has 2 N–H and O–H groups in total. The van der Waals surface area contributed by atoms with Gasteiger partial charge in [0.15, 0.2) is 0 Å². The number of amides is 1. The lowest BCUT2D eigenvalue weighted by Gasteiger charge is -2.35. The molecule has 0 aliphatic carbocycles. The predicted molar refractivity (Wildman–Crippen MR) is 97.6 cm³/mol. The third kappa shape index (κ3) is 6.30. The number of piperazine rings is 1. The number of benzene rings is 1. The van der Waals surface area contributed by atoms with Crippen molar-refractivity contribution < 1.29 is 14.7 Å². The summed E-state index contributed by atoms with van der Waals surface area (Å²) >= 11 is 6.01. The van der Waals surface area contributed by atoms with Crippen LogP contribution in [0.3, 0.4) is 0 Å². The van der Waals surface area contributed by atoms with Crippen LogP contribution in [0.5, 0.6) is 0 Å². The zero-order valence-corrected chi connectivity index (χ0v) is 15.3. The fourth-order valence-corrected chi connectivity index (χ4v) is 3.19. The van der Waals surface area contributed by atoms with Gasteiger partial charge in [-0.25, -0.2) is 0 Å². The SMILES string of the molecule is CCCC(NCC(=O)N1CCN(Cc2cccc(Cl)c2)CC1)C(=O)O. The van der Waals surface area contributed by atoms with E-state index in [-0.39, 0.29) is 12.5 Å². The highest BCUT2D eigenvalue weighted by atomic mass is 35.5. The van der Waals surface area contributed by atoms with Crippen molar-refractivity contribution >= 4 is 23.5 Å². The van der Waals surface area contributed by atoms with Crippen molar-refractivity contribution in [2.45, 2.75) is 32.4 Å². The van der Waals surface area contributed by atoms with Gasteiger partial charge in [0.2, 0.25) is 5.91 Å². The third-order valence-corrected chi connectivity index (χ3v) is 4.63. The Labute approximate surface area is 153 Å². The minimum absolute atomic E-state index is 0.0373. The van der Waals surface area contributed by atoms with E-state index in [1.54, 1.807) is 4.90 Å². The number of nitrogens with zero attached hydrogens (tertiary/aromatic N) is 2. The monoisotopic (exact) mass is 367 g/mol. The first-order valence-electron chi connectivity index (χ1n) is 8.70. The summed E-state index contributed by atoms with van der Waals surface area (Å²) < 4.78 is 0. The molecule has 1 aliphatic rings. The number of carboxylic acid groups (broad SMARTS) is 1. The fourth-order valence-electron chi connectivity index (χ4n) is 2.97. The van der Waals surface area contributed by atoms with E-state index in [1.165, 1.54) is 0 Å². The lowest BCUT2D eigenvalue weighted by molar-refractivity contribution is -0.140. The number of carboxylic acids is 1. The van der Waals surface area contributed by atoms with Gasteiger partial charge in [-0.1, -0.05) is 37.1 Å². The van der Waals surface area contributed by atoms with Crippen molar-refractivity contribution in [1.82, 2.24) is 15.1 Å². The first kappa shape index (κ1) is 19.7. The Morgan fingerprint density at radius 3 is 2.60 bits per heavy atom. The van der Waals surface area contributed by atoms with Crippen LogP contribution in [-0.2, 0) is 16.1 Å². The Morgan fingerprint density at radius 2 is 2.00 bits per heavy atom. The van der Waals surface area contributed by atoms with Gasteiger partial charge >= 0.3 is 5.97 Å². The molecule has 0 saturated carbocycles. The fraction of sp³-hybridized carbons (Fsp3) is 0.556. The number of halogens is 1. The smallest absolute Gasteiger partial charge is 0.320 e. The van der Waals surface area contributed by atoms with Gasteiger partial charge in [0.05, 0.1) is 6.54 Å². The molecular formula is C18H26ClN3O3. The number of rotatable bonds is 8. The molecule has 0 radical (unpaired) electrons. The minimum Gasteiger partial charge on any atom is -0.480 e. The van der Waals surface area contributed by atoms with Crippen molar-refractivity contribution in [3.8, 4) is 0 Å². The van der Waals surface area contributed by atoms with E-state index in [2.05, 4.69) is 10.2 Å². The van der Waals surface area contributed by atoms with Crippen LogP contribution < -0.4 is 5.32 Å². The highest BCUT2D eigenvalue weighted by molar-refractivity contribution is 6.30. The molecule has 1 amide bonds. The number of aliphatic carboxylic acids is 1. The van der Waals surface area contributed by atoms with Crippen molar-refractivity contribution in [2.75, 3.05) is 32.7 Å². The maximum absolute atomic E-state index is 12.3. The third-order valence-electron chi connectivity index (χ3n) is 4.40. The molecule has 0 aromatic heterocycles. The highest BCUT2D eigenvalue weighted by Gasteiger charge is 2.23. The van der Waals surface area contributed by atoms with E-state index >= 15 is 0 Å². The largest absolute Gasteiger partial charge is 0.480 e. The molecule has 1 saturated heterocycles. The lowest BCUT2D eigenvalue weighted by Crippen LogP contribution is -2.51. The van der Waals surface area contributed by atoms with Gasteiger partial charge in [0, 0.05) is 37.7 Å². The van der Waals surface area contributed by atoms with Gasteiger partial charge in [0.25, 0.3) is 0 Å². The molecule has 6 nitrogen and oxygen atoms in total. The van der Waals surface area contributed by atoms with Gasteiger partial charge in [-0.15, -0.1) is 0 Å². The molecule has 25 heavy (non-hydrogen) atoms. The van der Waals surface area contributed by atoms with Crippen LogP contribution in [0.15, 0.2) is 24.3 Å². The quantitative estimate of drug-likeness (QED) is 0.733. The Bertz CT molecular complexity index is 589. The summed E-state index contributed by atoms with van der Waals surface area (Å²) in [4.78, 5) is 27.5. The van der Waals surface area contributed by atoms with E-state index in [4.69, 9.17) is 16.7 Å². The summed E-state index contributed by atoms with van der Waals surface area (Å²) in [5.41, 5.74) is 1.16. The first-order chi connectivity index (χ1) is 12.0. The lowest BCUT2D eigenvalue weighted by atomic mass is 10.1. The van der Waals surface area contributed by atoms with E-state index < -0.39 is 12.0 Å². The number of hydrogen-bond acceptors (Lipinski definition) is 4. The Balaban J connectivity index is 1.75. The molecule has 1 fully saturated rings.